The van der Waals surface area contributed by atoms with Gasteiger partial charge in [0.2, 0.25) is 5.88 Å². The van der Waals surface area contributed by atoms with Gasteiger partial charge in [-0.3, -0.25) is 0 Å². The Balaban J connectivity index is 1.98. The molecule has 1 aliphatic carbocycles. The molecule has 0 radical (unpaired) electrons. The van der Waals surface area contributed by atoms with Crippen LogP contribution < -0.4 is 8.92 Å². The maximum absolute atomic E-state index is 12.8. The molecule has 33 heavy (non-hydrogen) atoms. The minimum Gasteiger partial charge on any atom is -0.468 e. The summed E-state index contributed by atoms with van der Waals surface area (Å²) in [5.74, 6) is -0.298. The average molecular weight is 521 g/mol. The largest absolute Gasteiger partial charge is 0.534 e. The van der Waals surface area contributed by atoms with Crippen molar-refractivity contribution in [3.63, 3.8) is 0 Å². The Hall–Kier alpha value is -2.14. The molecule has 0 spiro atoms. The number of thioether (sulfide) groups is 2. The maximum Gasteiger partial charge on any atom is 0.534 e. The lowest BCUT2D eigenvalue weighted by Gasteiger charge is -2.24. The van der Waals surface area contributed by atoms with Gasteiger partial charge in [0, 0.05) is 29.1 Å². The van der Waals surface area contributed by atoms with E-state index in [4.69, 9.17) is 9.47 Å². The van der Waals surface area contributed by atoms with Gasteiger partial charge in [0.15, 0.2) is 6.79 Å². The first-order valence-corrected chi connectivity index (χ1v) is 13.0. The van der Waals surface area contributed by atoms with Crippen molar-refractivity contribution in [3.8, 4) is 28.8 Å². The Bertz CT molecular complexity index is 1120. The van der Waals surface area contributed by atoms with E-state index in [1.807, 2.05) is 6.07 Å². The average Bonchev–Trinajstić information content (AvgIpc) is 2.73. The molecule has 1 fully saturated rings. The van der Waals surface area contributed by atoms with Crippen molar-refractivity contribution in [1.82, 2.24) is 4.98 Å². The summed E-state index contributed by atoms with van der Waals surface area (Å²) in [4.78, 5) is 3.91. The monoisotopic (exact) mass is 520 g/mol. The van der Waals surface area contributed by atoms with E-state index in [1.54, 1.807) is 36.0 Å². The number of pyridine rings is 1. The molecule has 1 aliphatic rings. The van der Waals surface area contributed by atoms with Gasteiger partial charge in [-0.15, -0.1) is 11.8 Å². The molecular formula is C20H19F3N2O5S3. The Morgan fingerprint density at radius 3 is 2.48 bits per heavy atom. The van der Waals surface area contributed by atoms with E-state index in [1.165, 1.54) is 7.11 Å². The van der Waals surface area contributed by atoms with Crippen LogP contribution in [0.25, 0.3) is 11.1 Å². The zero-order valence-corrected chi connectivity index (χ0v) is 19.7. The number of aromatic nitrogens is 1. The summed E-state index contributed by atoms with van der Waals surface area (Å²) in [6.07, 6.45) is 3.32. The number of alkyl halides is 3. The van der Waals surface area contributed by atoms with Gasteiger partial charge in [-0.05, 0) is 30.5 Å². The first-order chi connectivity index (χ1) is 15.6. The highest BCUT2D eigenvalue weighted by atomic mass is 32.2. The second-order valence-corrected chi connectivity index (χ2v) is 11.0. The van der Waals surface area contributed by atoms with Crippen LogP contribution in [0.5, 0.6) is 11.6 Å². The molecule has 0 amide bonds. The van der Waals surface area contributed by atoms with Gasteiger partial charge in [0.25, 0.3) is 0 Å². The molecular weight excluding hydrogens is 501 g/mol. The van der Waals surface area contributed by atoms with Gasteiger partial charge >= 0.3 is 15.6 Å². The zero-order chi connectivity index (χ0) is 24.1. The SMILES string of the molecule is COCOc1ccc(-c2cc(OS(=O)(=O)C(F)(F)F)nc(SCSC3CCC3)c2C#N)cc1. The second-order valence-electron chi connectivity index (χ2n) is 6.84. The smallest absolute Gasteiger partial charge is 0.468 e. The number of hydrogen-bond donors (Lipinski definition) is 0. The highest BCUT2D eigenvalue weighted by Crippen LogP contribution is 2.39. The Labute approximate surface area is 197 Å². The van der Waals surface area contributed by atoms with Crippen molar-refractivity contribution in [2.24, 2.45) is 0 Å². The molecule has 0 aliphatic heterocycles. The number of halogens is 3. The van der Waals surface area contributed by atoms with Gasteiger partial charge in [-0.25, -0.2) is 4.98 Å². The molecule has 1 aromatic heterocycles. The van der Waals surface area contributed by atoms with Crippen molar-refractivity contribution >= 4 is 33.6 Å². The fourth-order valence-corrected chi connectivity index (χ4v) is 5.74. The highest BCUT2D eigenvalue weighted by Gasteiger charge is 2.49. The van der Waals surface area contributed by atoms with Crippen molar-refractivity contribution < 1.29 is 35.2 Å². The normalized spacial score (nSPS) is 14.4. The van der Waals surface area contributed by atoms with E-state index < -0.39 is 21.5 Å². The molecule has 2 aromatic rings. The number of nitriles is 1. The van der Waals surface area contributed by atoms with E-state index in [9.17, 15) is 26.9 Å². The van der Waals surface area contributed by atoms with Gasteiger partial charge in [0.05, 0.1) is 5.56 Å². The minimum atomic E-state index is -5.93. The van der Waals surface area contributed by atoms with Crippen LogP contribution in [-0.2, 0) is 14.9 Å². The van der Waals surface area contributed by atoms with Crippen LogP contribution in [-0.4, -0.2) is 43.1 Å². The second kappa shape index (κ2) is 10.9. The van der Waals surface area contributed by atoms with E-state index in [0.717, 1.165) is 37.1 Å². The third-order valence-electron chi connectivity index (χ3n) is 4.61. The molecule has 178 valence electrons. The fourth-order valence-electron chi connectivity index (χ4n) is 2.72. The van der Waals surface area contributed by atoms with Crippen LogP contribution in [0.2, 0.25) is 0 Å². The number of nitrogens with zero attached hydrogens (tertiary/aromatic N) is 2. The van der Waals surface area contributed by atoms with Crippen LogP contribution >= 0.6 is 23.5 Å². The minimum absolute atomic E-state index is 0.0186. The third kappa shape index (κ3) is 6.47. The molecule has 0 unspecified atom stereocenters. The number of hydrogen-bond acceptors (Lipinski definition) is 9. The molecule has 0 saturated heterocycles. The topological polar surface area (TPSA) is 98.5 Å². The van der Waals surface area contributed by atoms with Gasteiger partial charge in [-0.2, -0.15) is 26.9 Å². The Morgan fingerprint density at radius 1 is 1.24 bits per heavy atom. The number of ether oxygens (including phenoxy) is 2. The van der Waals surface area contributed by atoms with Crippen molar-refractivity contribution in [1.29, 1.82) is 5.26 Å². The lowest BCUT2D eigenvalue weighted by atomic mass is 10.0. The van der Waals surface area contributed by atoms with Gasteiger partial charge < -0.3 is 13.7 Å². The fraction of sp³-hybridized carbons (Fsp3) is 0.400. The van der Waals surface area contributed by atoms with Crippen LogP contribution in [0.15, 0.2) is 35.4 Å². The van der Waals surface area contributed by atoms with E-state index in [-0.39, 0.29) is 22.9 Å². The molecule has 1 aromatic carbocycles. The standard InChI is InChI=1S/C20H19F3N2O5S3/c1-28-11-29-14-7-5-13(6-8-14)16-9-18(30-33(26,27)20(21,22)23)25-19(17(16)10-24)32-12-31-15-3-2-4-15/h5-9,15H,2-4,11-12H2,1H3. The quantitative estimate of drug-likeness (QED) is 0.182. The van der Waals surface area contributed by atoms with E-state index in [2.05, 4.69) is 9.17 Å². The summed E-state index contributed by atoms with van der Waals surface area (Å²) in [5, 5.41) is 10.8. The highest BCUT2D eigenvalue weighted by molar-refractivity contribution is 8.16. The van der Waals surface area contributed by atoms with E-state index in [0.29, 0.717) is 21.6 Å². The van der Waals surface area contributed by atoms with Crippen molar-refractivity contribution in [2.75, 3.05) is 19.0 Å². The lowest BCUT2D eigenvalue weighted by molar-refractivity contribution is -0.0501. The third-order valence-corrected chi connectivity index (χ3v) is 8.10. The summed E-state index contributed by atoms with van der Waals surface area (Å²) >= 11 is 2.81. The summed E-state index contributed by atoms with van der Waals surface area (Å²) in [5.41, 5.74) is -4.87. The molecule has 13 heteroatoms. The van der Waals surface area contributed by atoms with E-state index >= 15 is 0 Å². The number of rotatable bonds is 10. The number of methoxy groups -OCH3 is 1. The molecule has 0 atom stereocenters. The predicted octanol–water partition coefficient (Wildman–Crippen LogP) is 5.17. The molecule has 1 saturated carbocycles. The summed E-state index contributed by atoms with van der Waals surface area (Å²) in [6.45, 7) is 0.0186. The zero-order valence-electron chi connectivity index (χ0n) is 17.3. The summed E-state index contributed by atoms with van der Waals surface area (Å²) in [7, 11) is -4.46. The molecule has 0 N–H and O–H groups in total. The van der Waals surface area contributed by atoms with Crippen LogP contribution in [0, 0.1) is 11.3 Å². The Kier molecular flexibility index (Phi) is 8.38. The molecule has 1 heterocycles. The summed E-state index contributed by atoms with van der Waals surface area (Å²) in [6, 6.07) is 9.38. The lowest BCUT2D eigenvalue weighted by Crippen LogP contribution is -2.28. The van der Waals surface area contributed by atoms with Crippen molar-refractivity contribution in [3.05, 3.63) is 35.9 Å². The molecule has 7 nitrogen and oxygen atoms in total. The van der Waals surface area contributed by atoms with Crippen LogP contribution in [0.1, 0.15) is 24.8 Å². The summed E-state index contributed by atoms with van der Waals surface area (Å²) < 4.78 is 76.0. The first-order valence-electron chi connectivity index (χ1n) is 9.57. The van der Waals surface area contributed by atoms with Gasteiger partial charge in [0.1, 0.15) is 16.8 Å². The maximum atomic E-state index is 12.8. The van der Waals surface area contributed by atoms with Crippen LogP contribution in [0.3, 0.4) is 0 Å². The molecule has 3 rings (SSSR count). The van der Waals surface area contributed by atoms with Gasteiger partial charge in [-0.1, -0.05) is 30.3 Å². The van der Waals surface area contributed by atoms with Crippen molar-refractivity contribution in [2.45, 2.75) is 35.0 Å². The predicted molar refractivity (Wildman–Crippen MR) is 118 cm³/mol. The van der Waals surface area contributed by atoms with Crippen LogP contribution in [0.4, 0.5) is 13.2 Å². The Morgan fingerprint density at radius 2 is 1.94 bits per heavy atom. The number of benzene rings is 1. The molecule has 0 bridgehead atoms. The first kappa shape index (κ1) is 25.5.